The van der Waals surface area contributed by atoms with E-state index in [9.17, 15) is 9.59 Å². The Kier molecular flexibility index (Phi) is 5.81. The van der Waals surface area contributed by atoms with Gasteiger partial charge in [-0.25, -0.2) is 0 Å². The Morgan fingerprint density at radius 3 is 2.63 bits per heavy atom. The first-order valence-corrected chi connectivity index (χ1v) is 9.27. The highest BCUT2D eigenvalue weighted by Gasteiger charge is 2.17. The fourth-order valence-electron chi connectivity index (χ4n) is 2.99. The number of nitrogens with zero attached hydrogens (tertiary/aromatic N) is 1. The number of hydrogen-bond donors (Lipinski definition) is 1. The number of aromatic nitrogens is 1. The zero-order valence-corrected chi connectivity index (χ0v) is 16.0. The number of amides is 1. The van der Waals surface area contributed by atoms with Gasteiger partial charge in [0.15, 0.2) is 5.76 Å². The Balaban J connectivity index is 1.82. The van der Waals surface area contributed by atoms with E-state index in [2.05, 4.69) is 5.32 Å². The average Bonchev–Trinajstić information content (AvgIpc) is 3.13. The monoisotopic (exact) mass is 384 g/mol. The van der Waals surface area contributed by atoms with Gasteiger partial charge in [0, 0.05) is 23.0 Å². The summed E-state index contributed by atoms with van der Waals surface area (Å²) in [5.41, 5.74) is 2.55. The number of anilines is 1. The Bertz CT molecular complexity index is 1020. The van der Waals surface area contributed by atoms with E-state index in [0.717, 1.165) is 23.2 Å². The molecule has 0 atom stereocenters. The van der Waals surface area contributed by atoms with Crippen molar-refractivity contribution >= 4 is 23.2 Å². The molecule has 0 radical (unpaired) electrons. The zero-order valence-electron chi connectivity index (χ0n) is 15.3. The molecule has 0 spiro atoms. The van der Waals surface area contributed by atoms with Crippen molar-refractivity contribution in [2.24, 2.45) is 0 Å². The standard InChI is InChI=1S/C21H21ClN2O3/c1-3-14-8-10-17(22)16(4-2)20(14)23-21(26)18-11-9-15(27-18)13-24-12-6-5-7-19(24)25/h5-12H,3-4,13H2,1-2H3,(H,23,26). The Morgan fingerprint density at radius 1 is 1.11 bits per heavy atom. The van der Waals surface area contributed by atoms with Crippen LogP contribution in [-0.2, 0) is 19.4 Å². The van der Waals surface area contributed by atoms with E-state index < -0.39 is 0 Å². The van der Waals surface area contributed by atoms with Crippen molar-refractivity contribution < 1.29 is 9.21 Å². The van der Waals surface area contributed by atoms with Crippen LogP contribution in [0.1, 0.15) is 41.3 Å². The number of nitrogens with one attached hydrogen (secondary N) is 1. The molecule has 5 nitrogen and oxygen atoms in total. The highest BCUT2D eigenvalue weighted by Crippen LogP contribution is 2.30. The second kappa shape index (κ2) is 8.27. The van der Waals surface area contributed by atoms with Gasteiger partial charge in [-0.1, -0.05) is 37.6 Å². The molecule has 0 fully saturated rings. The molecule has 0 saturated heterocycles. The van der Waals surface area contributed by atoms with Gasteiger partial charge < -0.3 is 14.3 Å². The van der Waals surface area contributed by atoms with E-state index in [1.165, 1.54) is 10.6 Å². The smallest absolute Gasteiger partial charge is 0.291 e. The minimum absolute atomic E-state index is 0.126. The first-order valence-electron chi connectivity index (χ1n) is 8.89. The largest absolute Gasteiger partial charge is 0.454 e. The molecule has 1 N–H and O–H groups in total. The Hall–Kier alpha value is -2.79. The molecule has 140 valence electrons. The lowest BCUT2D eigenvalue weighted by Crippen LogP contribution is -2.18. The van der Waals surface area contributed by atoms with E-state index in [4.69, 9.17) is 16.0 Å². The second-order valence-electron chi connectivity index (χ2n) is 6.15. The van der Waals surface area contributed by atoms with Crippen molar-refractivity contribution in [1.29, 1.82) is 0 Å². The maximum atomic E-state index is 12.7. The molecule has 0 unspecified atom stereocenters. The van der Waals surface area contributed by atoms with E-state index in [1.807, 2.05) is 26.0 Å². The quantitative estimate of drug-likeness (QED) is 0.679. The van der Waals surface area contributed by atoms with Crippen LogP contribution in [0, 0.1) is 0 Å². The fraction of sp³-hybridized carbons (Fsp3) is 0.238. The predicted octanol–water partition coefficient (Wildman–Crippen LogP) is 4.52. The normalized spacial score (nSPS) is 10.8. The van der Waals surface area contributed by atoms with Gasteiger partial charge in [0.05, 0.1) is 6.54 Å². The first-order chi connectivity index (χ1) is 13.0. The fourth-order valence-corrected chi connectivity index (χ4v) is 3.28. The lowest BCUT2D eigenvalue weighted by molar-refractivity contribution is 0.0994. The van der Waals surface area contributed by atoms with Crippen molar-refractivity contribution in [1.82, 2.24) is 4.57 Å². The third-order valence-corrected chi connectivity index (χ3v) is 4.78. The molecule has 3 aromatic rings. The van der Waals surface area contributed by atoms with Gasteiger partial charge in [-0.15, -0.1) is 0 Å². The van der Waals surface area contributed by atoms with Crippen LogP contribution < -0.4 is 10.9 Å². The highest BCUT2D eigenvalue weighted by molar-refractivity contribution is 6.32. The molecule has 0 saturated carbocycles. The molecule has 2 aromatic heterocycles. The third-order valence-electron chi connectivity index (χ3n) is 4.43. The summed E-state index contributed by atoms with van der Waals surface area (Å²) >= 11 is 6.29. The van der Waals surface area contributed by atoms with Gasteiger partial charge in [-0.3, -0.25) is 9.59 Å². The number of benzene rings is 1. The Morgan fingerprint density at radius 2 is 1.93 bits per heavy atom. The minimum Gasteiger partial charge on any atom is -0.454 e. The van der Waals surface area contributed by atoms with E-state index in [-0.39, 0.29) is 23.8 Å². The van der Waals surface area contributed by atoms with Crippen LogP contribution in [0.4, 0.5) is 5.69 Å². The van der Waals surface area contributed by atoms with E-state index in [0.29, 0.717) is 17.2 Å². The van der Waals surface area contributed by atoms with Crippen molar-refractivity contribution in [2.75, 3.05) is 5.32 Å². The molecule has 0 aliphatic heterocycles. The summed E-state index contributed by atoms with van der Waals surface area (Å²) in [4.78, 5) is 24.5. The number of pyridine rings is 1. The van der Waals surface area contributed by atoms with Gasteiger partial charge in [-0.05, 0) is 48.2 Å². The molecule has 1 aromatic carbocycles. The maximum Gasteiger partial charge on any atom is 0.291 e. The van der Waals surface area contributed by atoms with Crippen LogP contribution in [0.25, 0.3) is 0 Å². The van der Waals surface area contributed by atoms with E-state index in [1.54, 1.807) is 30.5 Å². The molecule has 3 rings (SSSR count). The molecular formula is C21H21ClN2O3. The van der Waals surface area contributed by atoms with Gasteiger partial charge >= 0.3 is 0 Å². The summed E-state index contributed by atoms with van der Waals surface area (Å²) in [7, 11) is 0. The minimum atomic E-state index is -0.340. The van der Waals surface area contributed by atoms with Crippen LogP contribution in [0.2, 0.25) is 5.02 Å². The summed E-state index contributed by atoms with van der Waals surface area (Å²) in [5, 5.41) is 3.57. The summed E-state index contributed by atoms with van der Waals surface area (Å²) in [6.45, 7) is 4.30. The van der Waals surface area contributed by atoms with Crippen LogP contribution in [0.15, 0.2) is 57.9 Å². The topological polar surface area (TPSA) is 64.2 Å². The number of halogens is 1. The number of carbonyl (C=O) groups excluding carboxylic acids is 1. The average molecular weight is 385 g/mol. The Labute approximate surface area is 162 Å². The summed E-state index contributed by atoms with van der Waals surface area (Å²) in [6.07, 6.45) is 3.17. The van der Waals surface area contributed by atoms with Crippen molar-refractivity contribution in [3.05, 3.63) is 86.7 Å². The second-order valence-corrected chi connectivity index (χ2v) is 6.56. The van der Waals surface area contributed by atoms with E-state index >= 15 is 0 Å². The molecule has 0 aliphatic carbocycles. The molecule has 27 heavy (non-hydrogen) atoms. The molecule has 0 aliphatic rings. The lowest BCUT2D eigenvalue weighted by Gasteiger charge is -2.15. The van der Waals surface area contributed by atoms with Gasteiger partial charge in [0.25, 0.3) is 11.5 Å². The van der Waals surface area contributed by atoms with Crippen molar-refractivity contribution in [2.45, 2.75) is 33.2 Å². The lowest BCUT2D eigenvalue weighted by atomic mass is 10.0. The number of aryl methyl sites for hydroxylation is 1. The van der Waals surface area contributed by atoms with Crippen molar-refractivity contribution in [3.8, 4) is 0 Å². The first kappa shape index (κ1) is 19.0. The summed E-state index contributed by atoms with van der Waals surface area (Å²) < 4.78 is 7.16. The van der Waals surface area contributed by atoms with Gasteiger partial charge in [-0.2, -0.15) is 0 Å². The van der Waals surface area contributed by atoms with Gasteiger partial charge in [0.2, 0.25) is 0 Å². The number of rotatable bonds is 6. The summed E-state index contributed by atoms with van der Waals surface area (Å²) in [6, 6.07) is 12.0. The maximum absolute atomic E-state index is 12.7. The zero-order chi connectivity index (χ0) is 19.4. The highest BCUT2D eigenvalue weighted by atomic mass is 35.5. The molecule has 2 heterocycles. The van der Waals surface area contributed by atoms with Crippen LogP contribution in [0.5, 0.6) is 0 Å². The SMILES string of the molecule is CCc1ccc(Cl)c(CC)c1NC(=O)c1ccc(Cn2ccccc2=O)o1. The molecule has 0 bridgehead atoms. The van der Waals surface area contributed by atoms with Crippen molar-refractivity contribution in [3.63, 3.8) is 0 Å². The predicted molar refractivity (Wildman–Crippen MR) is 107 cm³/mol. The molecule has 1 amide bonds. The number of furan rings is 1. The summed E-state index contributed by atoms with van der Waals surface area (Å²) in [5.74, 6) is 0.386. The molecular weight excluding hydrogens is 364 g/mol. The third kappa shape index (κ3) is 4.14. The van der Waals surface area contributed by atoms with Gasteiger partial charge in [0.1, 0.15) is 5.76 Å². The number of hydrogen-bond acceptors (Lipinski definition) is 3. The molecule has 6 heteroatoms. The number of carbonyl (C=O) groups is 1. The van der Waals surface area contributed by atoms with Crippen LogP contribution in [-0.4, -0.2) is 10.5 Å². The van der Waals surface area contributed by atoms with Crippen LogP contribution in [0.3, 0.4) is 0 Å². The van der Waals surface area contributed by atoms with Crippen LogP contribution >= 0.6 is 11.6 Å².